The van der Waals surface area contributed by atoms with E-state index < -0.39 is 34.7 Å². The molecule has 218 valence electrons. The lowest BCUT2D eigenvalue weighted by Crippen LogP contribution is -2.34. The van der Waals surface area contributed by atoms with Gasteiger partial charge in [0.15, 0.2) is 5.76 Å². The molecule has 3 aromatic rings. The summed E-state index contributed by atoms with van der Waals surface area (Å²) in [5.41, 5.74) is 0.439. The molecular formula is C29H29ClF3N3O5. The summed E-state index contributed by atoms with van der Waals surface area (Å²) >= 11 is 5.72. The van der Waals surface area contributed by atoms with E-state index in [-0.39, 0.29) is 36.7 Å². The number of carboxylic acid groups (broad SMARTS) is 1. The smallest absolute Gasteiger partial charge is 0.417 e. The van der Waals surface area contributed by atoms with E-state index in [9.17, 15) is 27.6 Å². The number of halogens is 4. The van der Waals surface area contributed by atoms with Crippen molar-refractivity contribution in [1.82, 2.24) is 5.32 Å². The number of aliphatic carboxylic acids is 1. The van der Waals surface area contributed by atoms with Gasteiger partial charge in [0, 0.05) is 17.9 Å². The van der Waals surface area contributed by atoms with Crippen molar-refractivity contribution in [3.8, 4) is 0 Å². The highest BCUT2D eigenvalue weighted by atomic mass is 35.5. The third-order valence-electron chi connectivity index (χ3n) is 6.87. The fraction of sp³-hybridized carbons (Fsp3) is 0.345. The lowest BCUT2D eigenvalue weighted by molar-refractivity contribution is -0.138. The zero-order valence-corrected chi connectivity index (χ0v) is 22.7. The summed E-state index contributed by atoms with van der Waals surface area (Å²) in [6, 6.07) is 12.7. The summed E-state index contributed by atoms with van der Waals surface area (Å²) < 4.78 is 45.7. The molecule has 1 aliphatic carbocycles. The van der Waals surface area contributed by atoms with Gasteiger partial charge in [0.25, 0.3) is 5.91 Å². The molecule has 3 amide bonds. The molecule has 0 aliphatic heterocycles. The average Bonchev–Trinajstić information content (AvgIpc) is 3.41. The second kappa shape index (κ2) is 13.1. The van der Waals surface area contributed by atoms with E-state index in [1.165, 1.54) is 29.5 Å². The third kappa shape index (κ3) is 8.03. The van der Waals surface area contributed by atoms with Crippen molar-refractivity contribution in [1.29, 1.82) is 0 Å². The van der Waals surface area contributed by atoms with Crippen molar-refractivity contribution in [2.75, 3.05) is 16.8 Å². The maximum atomic E-state index is 13.4. The SMILES string of the molecule is O=C(O)CCNC(=O)c1ccc(CN(C(=O)Nc2ccc(Cl)c(C(F)(F)F)c2)c2ccc(C3CCCCC3)cc2)o1. The lowest BCUT2D eigenvalue weighted by Gasteiger charge is -2.25. The van der Waals surface area contributed by atoms with Crippen molar-refractivity contribution in [3.63, 3.8) is 0 Å². The van der Waals surface area contributed by atoms with Gasteiger partial charge in [0.1, 0.15) is 5.76 Å². The Labute approximate surface area is 239 Å². The van der Waals surface area contributed by atoms with Crippen molar-refractivity contribution in [2.24, 2.45) is 0 Å². The predicted octanol–water partition coefficient (Wildman–Crippen LogP) is 7.44. The van der Waals surface area contributed by atoms with Gasteiger partial charge in [0.05, 0.1) is 23.6 Å². The fourth-order valence-corrected chi connectivity index (χ4v) is 4.99. The van der Waals surface area contributed by atoms with E-state index in [2.05, 4.69) is 10.6 Å². The Balaban J connectivity index is 1.56. The number of nitrogens with zero attached hydrogens (tertiary/aromatic N) is 1. The van der Waals surface area contributed by atoms with Crippen molar-refractivity contribution in [2.45, 2.75) is 57.2 Å². The first-order valence-corrected chi connectivity index (χ1v) is 13.5. The predicted molar refractivity (Wildman–Crippen MR) is 147 cm³/mol. The molecule has 3 N–H and O–H groups in total. The number of nitrogens with one attached hydrogen (secondary N) is 2. The van der Waals surface area contributed by atoms with Crippen LogP contribution in [0.2, 0.25) is 5.02 Å². The molecule has 1 heterocycles. The number of amides is 3. The molecule has 4 rings (SSSR count). The highest BCUT2D eigenvalue weighted by Crippen LogP contribution is 2.37. The number of carbonyl (C=O) groups excluding carboxylic acids is 2. The molecule has 0 bridgehead atoms. The number of carbonyl (C=O) groups is 3. The number of urea groups is 1. The zero-order valence-electron chi connectivity index (χ0n) is 22.0. The van der Waals surface area contributed by atoms with E-state index in [4.69, 9.17) is 21.1 Å². The van der Waals surface area contributed by atoms with Gasteiger partial charge in [0.2, 0.25) is 0 Å². The molecule has 0 saturated heterocycles. The van der Waals surface area contributed by atoms with Gasteiger partial charge in [-0.1, -0.05) is 43.0 Å². The first-order chi connectivity index (χ1) is 19.5. The van der Waals surface area contributed by atoms with Crippen LogP contribution in [0.3, 0.4) is 0 Å². The van der Waals surface area contributed by atoms with Gasteiger partial charge in [-0.3, -0.25) is 14.5 Å². The third-order valence-corrected chi connectivity index (χ3v) is 7.20. The van der Waals surface area contributed by atoms with Crippen LogP contribution in [0.4, 0.5) is 29.3 Å². The standard InChI is InChI=1S/C29H29ClF3N3O5/c30-24-12-8-20(16-23(24)29(31,32)33)35-28(40)36(21-9-6-19(7-10-21)18-4-2-1-3-5-18)17-22-11-13-25(41-22)27(39)34-15-14-26(37)38/h6-13,16,18H,1-5,14-15,17H2,(H,34,39)(H,35,40)(H,37,38). The zero-order chi connectivity index (χ0) is 29.6. The van der Waals surface area contributed by atoms with E-state index in [0.717, 1.165) is 43.4 Å². The fourth-order valence-electron chi connectivity index (χ4n) is 4.76. The Morgan fingerprint density at radius 1 is 1.00 bits per heavy atom. The average molecular weight is 592 g/mol. The highest BCUT2D eigenvalue weighted by molar-refractivity contribution is 6.31. The molecule has 1 aromatic heterocycles. The van der Waals surface area contributed by atoms with Crippen molar-refractivity contribution in [3.05, 3.63) is 82.3 Å². The number of hydrogen-bond acceptors (Lipinski definition) is 4. The molecule has 41 heavy (non-hydrogen) atoms. The van der Waals surface area contributed by atoms with Gasteiger partial charge in [-0.05, 0) is 66.8 Å². The van der Waals surface area contributed by atoms with Crippen LogP contribution in [0.5, 0.6) is 0 Å². The lowest BCUT2D eigenvalue weighted by atomic mass is 9.84. The number of hydrogen-bond donors (Lipinski definition) is 3. The summed E-state index contributed by atoms with van der Waals surface area (Å²) in [4.78, 5) is 37.7. The van der Waals surface area contributed by atoms with Gasteiger partial charge < -0.3 is 20.2 Å². The van der Waals surface area contributed by atoms with E-state index in [1.807, 2.05) is 12.1 Å². The van der Waals surface area contributed by atoms with Crippen molar-refractivity contribution >= 4 is 40.9 Å². The Morgan fingerprint density at radius 3 is 2.37 bits per heavy atom. The summed E-state index contributed by atoms with van der Waals surface area (Å²) in [5, 5.41) is 13.2. The second-order valence-corrected chi connectivity index (χ2v) is 10.2. The van der Waals surface area contributed by atoms with Crippen LogP contribution in [-0.4, -0.2) is 29.6 Å². The molecule has 8 nitrogen and oxygen atoms in total. The monoisotopic (exact) mass is 591 g/mol. The maximum absolute atomic E-state index is 13.4. The van der Waals surface area contributed by atoms with E-state index >= 15 is 0 Å². The number of alkyl halides is 3. The first-order valence-electron chi connectivity index (χ1n) is 13.1. The van der Waals surface area contributed by atoms with Crippen LogP contribution in [0.15, 0.2) is 59.0 Å². The summed E-state index contributed by atoms with van der Waals surface area (Å²) in [7, 11) is 0. The topological polar surface area (TPSA) is 112 Å². The summed E-state index contributed by atoms with van der Waals surface area (Å²) in [6.07, 6.45) is 0.745. The molecule has 0 unspecified atom stereocenters. The van der Waals surface area contributed by atoms with Crippen LogP contribution in [0, 0.1) is 0 Å². The molecule has 1 fully saturated rings. The number of furan rings is 1. The molecule has 0 spiro atoms. The molecule has 1 aliphatic rings. The van der Waals surface area contributed by atoms with Crippen LogP contribution < -0.4 is 15.5 Å². The van der Waals surface area contributed by atoms with Gasteiger partial charge in [-0.2, -0.15) is 13.2 Å². The van der Waals surface area contributed by atoms with Crippen LogP contribution in [0.1, 0.15) is 71.9 Å². The number of anilines is 2. The molecule has 0 atom stereocenters. The van der Waals surface area contributed by atoms with Crippen LogP contribution in [-0.2, 0) is 17.5 Å². The largest absolute Gasteiger partial charge is 0.481 e. The number of rotatable bonds is 9. The Morgan fingerprint density at radius 2 is 1.71 bits per heavy atom. The number of benzene rings is 2. The molecule has 0 radical (unpaired) electrons. The Hall–Kier alpha value is -3.99. The molecule has 2 aromatic carbocycles. The normalized spacial score (nSPS) is 14.0. The van der Waals surface area contributed by atoms with Gasteiger partial charge >= 0.3 is 18.2 Å². The second-order valence-electron chi connectivity index (χ2n) is 9.80. The minimum atomic E-state index is -4.71. The highest BCUT2D eigenvalue weighted by Gasteiger charge is 2.33. The first kappa shape index (κ1) is 30.0. The van der Waals surface area contributed by atoms with Crippen LogP contribution in [0.25, 0.3) is 0 Å². The summed E-state index contributed by atoms with van der Waals surface area (Å²) in [6.45, 7) is -0.232. The molecule has 1 saturated carbocycles. The minimum Gasteiger partial charge on any atom is -0.481 e. The minimum absolute atomic E-state index is 0.0779. The number of carboxylic acids is 1. The Bertz CT molecular complexity index is 1390. The Kier molecular flexibility index (Phi) is 9.59. The maximum Gasteiger partial charge on any atom is 0.417 e. The molecule has 12 heteroatoms. The molecular weight excluding hydrogens is 563 g/mol. The van der Waals surface area contributed by atoms with E-state index in [1.54, 1.807) is 12.1 Å². The van der Waals surface area contributed by atoms with E-state index in [0.29, 0.717) is 11.6 Å². The van der Waals surface area contributed by atoms with Gasteiger partial charge in [-0.15, -0.1) is 0 Å². The summed E-state index contributed by atoms with van der Waals surface area (Å²) in [5.74, 6) is -1.10. The quantitative estimate of drug-likeness (QED) is 0.239. The van der Waals surface area contributed by atoms with Crippen molar-refractivity contribution < 1.29 is 37.1 Å². The van der Waals surface area contributed by atoms with Gasteiger partial charge in [-0.25, -0.2) is 4.79 Å². The van der Waals surface area contributed by atoms with Crippen LogP contribution >= 0.6 is 11.6 Å².